The minimum Gasteiger partial charge on any atom is -0.465 e. The maximum Gasteiger partial charge on any atom is 0.402 e. The molecule has 1 aromatic rings. The van der Waals surface area contributed by atoms with Crippen molar-refractivity contribution in [1.82, 2.24) is 6.15 Å². The number of benzene rings is 1. The van der Waals surface area contributed by atoms with Gasteiger partial charge in [0.15, 0.2) is 0 Å². The monoisotopic (exact) mass is 240 g/mol. The van der Waals surface area contributed by atoms with Crippen LogP contribution in [0.4, 0.5) is 4.79 Å². The van der Waals surface area contributed by atoms with Crippen molar-refractivity contribution in [3.05, 3.63) is 34.9 Å². The van der Waals surface area contributed by atoms with E-state index in [-0.39, 0.29) is 6.15 Å². The van der Waals surface area contributed by atoms with Gasteiger partial charge < -0.3 is 17.0 Å². The summed E-state index contributed by atoms with van der Waals surface area (Å²) in [5.41, 5.74) is 8.65. The number of hydrogen-bond acceptors (Lipinski definition) is 2. The molecule has 4 heteroatoms. The van der Waals surface area contributed by atoms with Crippen LogP contribution in [-0.4, -0.2) is 11.2 Å². The molecule has 0 radical (unpaired) electrons. The van der Waals surface area contributed by atoms with Crippen LogP contribution < -0.4 is 11.9 Å². The number of carbonyl (C=O) groups is 1. The molecular formula is C13H24N2O2. The second kappa shape index (κ2) is 9.66. The Balaban J connectivity index is 0. The van der Waals surface area contributed by atoms with Gasteiger partial charge in [-0.3, -0.25) is 0 Å². The fourth-order valence-corrected chi connectivity index (χ4v) is 1.80. The average molecular weight is 240 g/mol. The lowest BCUT2D eigenvalue weighted by Crippen LogP contribution is -2.03. The summed E-state index contributed by atoms with van der Waals surface area (Å²) in [5, 5.41) is 7.19. The number of aryl methyl sites for hydroxylation is 2. The van der Waals surface area contributed by atoms with Gasteiger partial charge in [-0.25, -0.2) is 4.79 Å². The molecule has 0 saturated carbocycles. The van der Waals surface area contributed by atoms with E-state index in [0.717, 1.165) is 12.8 Å². The molecule has 1 aromatic carbocycles. The lowest BCUT2D eigenvalue weighted by atomic mass is 9.96. The Labute approximate surface area is 103 Å². The maximum absolute atomic E-state index is 8.78. The van der Waals surface area contributed by atoms with Crippen LogP contribution >= 0.6 is 0 Å². The van der Waals surface area contributed by atoms with Gasteiger partial charge in [0.2, 0.25) is 0 Å². The largest absolute Gasteiger partial charge is 0.465 e. The van der Waals surface area contributed by atoms with Crippen LogP contribution in [0.1, 0.15) is 37.5 Å². The summed E-state index contributed by atoms with van der Waals surface area (Å²) in [4.78, 5) is 8.78. The Morgan fingerprint density at radius 1 is 1.12 bits per heavy atom. The van der Waals surface area contributed by atoms with E-state index in [0.29, 0.717) is 0 Å². The molecule has 0 fully saturated rings. The predicted molar refractivity (Wildman–Crippen MR) is 71.8 cm³/mol. The molecule has 0 aromatic heterocycles. The molecule has 0 aliphatic rings. The van der Waals surface area contributed by atoms with E-state index >= 15 is 0 Å². The summed E-state index contributed by atoms with van der Waals surface area (Å²) < 4.78 is 0. The number of carboxylic acid groups (broad SMARTS) is 1. The van der Waals surface area contributed by atoms with E-state index in [2.05, 4.69) is 44.7 Å². The Bertz CT molecular complexity index is 312. The van der Waals surface area contributed by atoms with E-state index in [9.17, 15) is 0 Å². The number of primary amides is 1. The van der Waals surface area contributed by atoms with Gasteiger partial charge in [0, 0.05) is 0 Å². The molecule has 4 nitrogen and oxygen atoms in total. The van der Waals surface area contributed by atoms with Gasteiger partial charge in [-0.15, -0.1) is 0 Å². The molecule has 0 atom stereocenters. The molecule has 0 aliphatic heterocycles. The molecule has 6 N–H and O–H groups in total. The number of amides is 1. The fraction of sp³-hybridized carbons (Fsp3) is 0.462. The van der Waals surface area contributed by atoms with Crippen LogP contribution in [0.3, 0.4) is 0 Å². The standard InChI is InChI=1S/C12H18.CH3NO2.H3N/c1-4-10-8-7-9-11(5-2)12(10)6-3;2-1(3)4;/h7-9H,4-6H2,1-3H3;2H2,(H,3,4);1H3. The molecular weight excluding hydrogens is 216 g/mol. The van der Waals surface area contributed by atoms with E-state index in [1.54, 1.807) is 5.56 Å². The molecule has 0 spiro atoms. The zero-order valence-electron chi connectivity index (χ0n) is 11.0. The summed E-state index contributed by atoms with van der Waals surface area (Å²) in [6.07, 6.45) is 2.17. The van der Waals surface area contributed by atoms with Crippen LogP contribution in [0.25, 0.3) is 0 Å². The minimum atomic E-state index is -1.33. The van der Waals surface area contributed by atoms with Gasteiger partial charge in [0.25, 0.3) is 0 Å². The topological polar surface area (TPSA) is 98.3 Å². The summed E-state index contributed by atoms with van der Waals surface area (Å²) in [5.74, 6) is 0. The number of hydrogen-bond donors (Lipinski definition) is 3. The van der Waals surface area contributed by atoms with Gasteiger partial charge in [-0.2, -0.15) is 0 Å². The van der Waals surface area contributed by atoms with Crippen LogP contribution in [0, 0.1) is 0 Å². The predicted octanol–water partition coefficient (Wildman–Crippen LogP) is 3.16. The first-order valence-corrected chi connectivity index (χ1v) is 5.64. The van der Waals surface area contributed by atoms with E-state index in [1.807, 2.05) is 0 Å². The fourth-order valence-electron chi connectivity index (χ4n) is 1.80. The maximum atomic E-state index is 8.78. The van der Waals surface area contributed by atoms with Crippen LogP contribution in [-0.2, 0) is 19.3 Å². The molecule has 0 heterocycles. The highest BCUT2D eigenvalue weighted by Gasteiger charge is 2.02. The van der Waals surface area contributed by atoms with E-state index in [4.69, 9.17) is 9.90 Å². The van der Waals surface area contributed by atoms with Gasteiger partial charge in [-0.1, -0.05) is 39.0 Å². The van der Waals surface area contributed by atoms with Crippen LogP contribution in [0.15, 0.2) is 18.2 Å². The van der Waals surface area contributed by atoms with Gasteiger partial charge in [0.05, 0.1) is 0 Å². The van der Waals surface area contributed by atoms with Crippen molar-refractivity contribution in [2.24, 2.45) is 5.73 Å². The molecule has 1 amide bonds. The second-order valence-corrected chi connectivity index (χ2v) is 3.45. The molecule has 17 heavy (non-hydrogen) atoms. The first-order valence-electron chi connectivity index (χ1n) is 5.64. The third kappa shape index (κ3) is 6.58. The number of rotatable bonds is 3. The summed E-state index contributed by atoms with van der Waals surface area (Å²) in [7, 11) is 0. The average Bonchev–Trinajstić information content (AvgIpc) is 2.26. The van der Waals surface area contributed by atoms with Gasteiger partial charge >= 0.3 is 6.09 Å². The normalized spacial score (nSPS) is 8.65. The van der Waals surface area contributed by atoms with Crippen molar-refractivity contribution >= 4 is 6.09 Å². The Morgan fingerprint density at radius 2 is 1.47 bits per heavy atom. The summed E-state index contributed by atoms with van der Waals surface area (Å²) in [6, 6.07) is 6.67. The molecule has 1 rings (SSSR count). The van der Waals surface area contributed by atoms with Gasteiger partial charge in [0.1, 0.15) is 0 Å². The van der Waals surface area contributed by atoms with Crippen LogP contribution in [0.5, 0.6) is 0 Å². The second-order valence-electron chi connectivity index (χ2n) is 3.45. The highest BCUT2D eigenvalue weighted by Crippen LogP contribution is 2.16. The SMILES string of the molecule is CCc1cccc(CC)c1CC.N.NC(=O)O. The zero-order chi connectivity index (χ0) is 12.6. The van der Waals surface area contributed by atoms with E-state index in [1.165, 1.54) is 17.5 Å². The smallest absolute Gasteiger partial charge is 0.402 e. The lowest BCUT2D eigenvalue weighted by molar-refractivity contribution is 0.205. The summed E-state index contributed by atoms with van der Waals surface area (Å²) >= 11 is 0. The third-order valence-electron chi connectivity index (χ3n) is 2.49. The first kappa shape index (κ1) is 17.8. The van der Waals surface area contributed by atoms with Crippen molar-refractivity contribution in [3.8, 4) is 0 Å². The van der Waals surface area contributed by atoms with Crippen molar-refractivity contribution in [3.63, 3.8) is 0 Å². The molecule has 0 aliphatic carbocycles. The number of nitrogens with two attached hydrogens (primary N) is 1. The highest BCUT2D eigenvalue weighted by atomic mass is 16.4. The quantitative estimate of drug-likeness (QED) is 0.756. The zero-order valence-corrected chi connectivity index (χ0v) is 11.0. The Kier molecular flexibility index (Phi) is 10.1. The third-order valence-corrected chi connectivity index (χ3v) is 2.49. The van der Waals surface area contributed by atoms with Gasteiger partial charge in [-0.05, 0) is 36.0 Å². The van der Waals surface area contributed by atoms with Crippen molar-refractivity contribution in [2.75, 3.05) is 0 Å². The summed E-state index contributed by atoms with van der Waals surface area (Å²) in [6.45, 7) is 6.70. The molecule has 98 valence electrons. The lowest BCUT2D eigenvalue weighted by Gasteiger charge is -2.10. The molecule has 0 bridgehead atoms. The van der Waals surface area contributed by atoms with E-state index < -0.39 is 6.09 Å². The minimum absolute atomic E-state index is 0. The first-order chi connectivity index (χ1) is 7.56. The Morgan fingerprint density at radius 3 is 1.71 bits per heavy atom. The van der Waals surface area contributed by atoms with Crippen molar-refractivity contribution < 1.29 is 9.90 Å². The van der Waals surface area contributed by atoms with Crippen molar-refractivity contribution in [2.45, 2.75) is 40.0 Å². The van der Waals surface area contributed by atoms with Crippen molar-refractivity contribution in [1.29, 1.82) is 0 Å². The van der Waals surface area contributed by atoms with Crippen LogP contribution in [0.2, 0.25) is 0 Å². The molecule has 0 unspecified atom stereocenters. The highest BCUT2D eigenvalue weighted by molar-refractivity contribution is 5.61. The molecule has 0 saturated heterocycles. The Hall–Kier alpha value is -1.55.